The summed E-state index contributed by atoms with van der Waals surface area (Å²) in [6.45, 7) is 3.07. The van der Waals surface area contributed by atoms with Gasteiger partial charge in [-0.1, -0.05) is 12.8 Å². The Labute approximate surface area is 98.0 Å². The third kappa shape index (κ3) is 2.85. The predicted molar refractivity (Wildman–Crippen MR) is 66.2 cm³/mol. The fourth-order valence-electron chi connectivity index (χ4n) is 2.66. The van der Waals surface area contributed by atoms with Crippen molar-refractivity contribution in [3.8, 4) is 0 Å². The summed E-state index contributed by atoms with van der Waals surface area (Å²) in [6, 6.07) is 0.396. The summed E-state index contributed by atoms with van der Waals surface area (Å²) in [6.07, 6.45) is 11.8. The molecule has 0 bridgehead atoms. The van der Waals surface area contributed by atoms with Crippen molar-refractivity contribution in [2.75, 3.05) is 0 Å². The van der Waals surface area contributed by atoms with Gasteiger partial charge in [-0.3, -0.25) is 4.68 Å². The van der Waals surface area contributed by atoms with Gasteiger partial charge < -0.3 is 5.73 Å². The smallest absolute Gasteiger partial charge is 0.0521 e. The first-order valence-electron chi connectivity index (χ1n) is 6.56. The Morgan fingerprint density at radius 2 is 2.25 bits per heavy atom. The van der Waals surface area contributed by atoms with Gasteiger partial charge in [0.15, 0.2) is 0 Å². The predicted octanol–water partition coefficient (Wildman–Crippen LogP) is 2.35. The quantitative estimate of drug-likeness (QED) is 0.829. The molecule has 2 rings (SSSR count). The van der Waals surface area contributed by atoms with E-state index in [0.29, 0.717) is 6.04 Å². The van der Waals surface area contributed by atoms with Crippen LogP contribution in [0.5, 0.6) is 0 Å². The minimum atomic E-state index is 0.396. The lowest BCUT2D eigenvalue weighted by Crippen LogP contribution is -2.28. The molecule has 1 aliphatic rings. The van der Waals surface area contributed by atoms with Gasteiger partial charge in [-0.05, 0) is 44.1 Å². The van der Waals surface area contributed by atoms with Gasteiger partial charge in [-0.25, -0.2) is 0 Å². The van der Waals surface area contributed by atoms with Gasteiger partial charge in [-0.15, -0.1) is 0 Å². The molecule has 16 heavy (non-hydrogen) atoms. The molecule has 1 fully saturated rings. The highest BCUT2D eigenvalue weighted by atomic mass is 15.3. The topological polar surface area (TPSA) is 43.8 Å². The van der Waals surface area contributed by atoms with Crippen molar-refractivity contribution in [3.05, 3.63) is 18.0 Å². The molecule has 0 aromatic carbocycles. The van der Waals surface area contributed by atoms with Crippen LogP contribution in [-0.2, 0) is 13.0 Å². The SMILES string of the molecule is CCn1cc(CCC(N)C2CCCC2)cn1. The molecule has 3 heteroatoms. The molecule has 1 aromatic rings. The Morgan fingerprint density at radius 1 is 1.50 bits per heavy atom. The van der Waals surface area contributed by atoms with Crippen molar-refractivity contribution in [2.24, 2.45) is 11.7 Å². The third-order valence-corrected chi connectivity index (χ3v) is 3.78. The first-order valence-corrected chi connectivity index (χ1v) is 6.56. The minimum absolute atomic E-state index is 0.396. The molecule has 1 aliphatic carbocycles. The maximum atomic E-state index is 6.24. The standard InChI is InChI=1S/C13H23N3/c1-2-16-10-11(9-15-16)7-8-13(14)12-5-3-4-6-12/h9-10,12-13H,2-8,14H2,1H3. The summed E-state index contributed by atoms with van der Waals surface area (Å²) in [5, 5.41) is 4.29. The van der Waals surface area contributed by atoms with E-state index in [1.807, 2.05) is 10.9 Å². The molecule has 0 spiro atoms. The number of hydrogen-bond acceptors (Lipinski definition) is 2. The summed E-state index contributed by atoms with van der Waals surface area (Å²) in [4.78, 5) is 0. The molecule has 1 aromatic heterocycles. The highest BCUT2D eigenvalue weighted by molar-refractivity contribution is 5.04. The van der Waals surface area contributed by atoms with Crippen LogP contribution in [0.2, 0.25) is 0 Å². The Bertz CT molecular complexity index is 313. The molecule has 1 unspecified atom stereocenters. The van der Waals surface area contributed by atoms with Gasteiger partial charge in [0.05, 0.1) is 6.20 Å². The Morgan fingerprint density at radius 3 is 2.88 bits per heavy atom. The second-order valence-corrected chi connectivity index (χ2v) is 4.95. The van der Waals surface area contributed by atoms with Gasteiger partial charge in [0, 0.05) is 18.8 Å². The first kappa shape index (κ1) is 11.6. The number of nitrogens with two attached hydrogens (primary N) is 1. The van der Waals surface area contributed by atoms with Crippen LogP contribution in [0.1, 0.15) is 44.6 Å². The van der Waals surface area contributed by atoms with Crippen LogP contribution >= 0.6 is 0 Å². The number of hydrogen-bond donors (Lipinski definition) is 1. The van der Waals surface area contributed by atoms with Crippen LogP contribution in [0.4, 0.5) is 0 Å². The van der Waals surface area contributed by atoms with E-state index in [1.165, 1.54) is 31.2 Å². The van der Waals surface area contributed by atoms with E-state index in [2.05, 4.69) is 18.2 Å². The van der Waals surface area contributed by atoms with Crippen LogP contribution in [0.15, 0.2) is 12.4 Å². The van der Waals surface area contributed by atoms with Crippen LogP contribution in [0, 0.1) is 5.92 Å². The van der Waals surface area contributed by atoms with Crippen molar-refractivity contribution >= 4 is 0 Å². The van der Waals surface area contributed by atoms with Gasteiger partial charge in [0.1, 0.15) is 0 Å². The van der Waals surface area contributed by atoms with E-state index < -0.39 is 0 Å². The lowest BCUT2D eigenvalue weighted by atomic mass is 9.94. The first-order chi connectivity index (χ1) is 7.79. The Hall–Kier alpha value is -0.830. The van der Waals surface area contributed by atoms with E-state index in [-0.39, 0.29) is 0 Å². The molecule has 0 radical (unpaired) electrons. The zero-order chi connectivity index (χ0) is 11.4. The van der Waals surface area contributed by atoms with Crippen molar-refractivity contribution in [1.29, 1.82) is 0 Å². The average Bonchev–Trinajstić information content (AvgIpc) is 2.96. The van der Waals surface area contributed by atoms with Crippen molar-refractivity contribution in [2.45, 2.75) is 58.0 Å². The molecule has 0 amide bonds. The number of rotatable bonds is 5. The summed E-state index contributed by atoms with van der Waals surface area (Å²) >= 11 is 0. The molecule has 90 valence electrons. The maximum absolute atomic E-state index is 6.24. The molecule has 2 N–H and O–H groups in total. The maximum Gasteiger partial charge on any atom is 0.0521 e. The van der Waals surface area contributed by atoms with Gasteiger partial charge in [0.2, 0.25) is 0 Å². The van der Waals surface area contributed by atoms with Crippen LogP contribution in [0.3, 0.4) is 0 Å². The summed E-state index contributed by atoms with van der Waals surface area (Å²) in [5.74, 6) is 0.779. The molecular weight excluding hydrogens is 198 g/mol. The van der Waals surface area contributed by atoms with E-state index in [0.717, 1.165) is 25.3 Å². The van der Waals surface area contributed by atoms with Gasteiger partial charge in [0.25, 0.3) is 0 Å². The zero-order valence-corrected chi connectivity index (χ0v) is 10.2. The highest BCUT2D eigenvalue weighted by Crippen LogP contribution is 2.28. The number of nitrogens with zero attached hydrogens (tertiary/aromatic N) is 2. The lowest BCUT2D eigenvalue weighted by Gasteiger charge is -2.17. The second-order valence-electron chi connectivity index (χ2n) is 4.95. The fourth-order valence-corrected chi connectivity index (χ4v) is 2.66. The number of aryl methyl sites for hydroxylation is 2. The van der Waals surface area contributed by atoms with E-state index in [4.69, 9.17) is 5.73 Å². The van der Waals surface area contributed by atoms with E-state index in [1.54, 1.807) is 0 Å². The monoisotopic (exact) mass is 221 g/mol. The fraction of sp³-hybridized carbons (Fsp3) is 0.769. The lowest BCUT2D eigenvalue weighted by molar-refractivity contribution is 0.410. The number of aromatic nitrogens is 2. The van der Waals surface area contributed by atoms with Crippen molar-refractivity contribution < 1.29 is 0 Å². The largest absolute Gasteiger partial charge is 0.327 e. The van der Waals surface area contributed by atoms with Crippen LogP contribution in [0.25, 0.3) is 0 Å². The zero-order valence-electron chi connectivity index (χ0n) is 10.2. The van der Waals surface area contributed by atoms with E-state index in [9.17, 15) is 0 Å². The summed E-state index contributed by atoms with van der Waals surface area (Å²) < 4.78 is 1.98. The molecule has 3 nitrogen and oxygen atoms in total. The molecular formula is C13H23N3. The van der Waals surface area contributed by atoms with Crippen LogP contribution < -0.4 is 5.73 Å². The van der Waals surface area contributed by atoms with Crippen molar-refractivity contribution in [3.63, 3.8) is 0 Å². The molecule has 1 atom stereocenters. The van der Waals surface area contributed by atoms with Crippen LogP contribution in [-0.4, -0.2) is 15.8 Å². The Balaban J connectivity index is 1.77. The molecule has 0 aliphatic heterocycles. The molecule has 1 heterocycles. The minimum Gasteiger partial charge on any atom is -0.327 e. The van der Waals surface area contributed by atoms with Crippen molar-refractivity contribution in [1.82, 2.24) is 9.78 Å². The Kier molecular flexibility index (Phi) is 3.99. The molecule has 1 saturated carbocycles. The second kappa shape index (κ2) is 5.48. The van der Waals surface area contributed by atoms with Gasteiger partial charge in [-0.2, -0.15) is 5.10 Å². The van der Waals surface area contributed by atoms with E-state index >= 15 is 0 Å². The molecule has 0 saturated heterocycles. The third-order valence-electron chi connectivity index (χ3n) is 3.78. The summed E-state index contributed by atoms with van der Waals surface area (Å²) in [5.41, 5.74) is 7.57. The van der Waals surface area contributed by atoms with Gasteiger partial charge >= 0.3 is 0 Å². The average molecular weight is 221 g/mol. The normalized spacial score (nSPS) is 19.1. The summed E-state index contributed by atoms with van der Waals surface area (Å²) in [7, 11) is 0. The highest BCUT2D eigenvalue weighted by Gasteiger charge is 2.21.